The van der Waals surface area contributed by atoms with E-state index in [1.807, 2.05) is 0 Å². The number of thiol groups is 1. The van der Waals surface area contributed by atoms with Crippen molar-refractivity contribution >= 4 is 30.2 Å². The highest BCUT2D eigenvalue weighted by molar-refractivity contribution is 7.81. The van der Waals surface area contributed by atoms with E-state index in [9.17, 15) is 9.59 Å². The van der Waals surface area contributed by atoms with Crippen molar-refractivity contribution in [1.82, 2.24) is 0 Å². The monoisotopic (exact) mass is 267 g/mol. The second-order valence-electron chi connectivity index (χ2n) is 4.79. The number of carbonyl (C=O) groups is 2. The summed E-state index contributed by atoms with van der Waals surface area (Å²) in [6.45, 7) is 5.41. The van der Waals surface area contributed by atoms with E-state index in [0.29, 0.717) is 11.3 Å². The van der Waals surface area contributed by atoms with E-state index in [2.05, 4.69) is 17.9 Å². The summed E-state index contributed by atoms with van der Waals surface area (Å²) in [5.74, 6) is -0.541. The van der Waals surface area contributed by atoms with Crippen molar-refractivity contribution in [3.8, 4) is 0 Å². The minimum atomic E-state index is -0.540. The van der Waals surface area contributed by atoms with Gasteiger partial charge in [-0.25, -0.2) is 4.79 Å². The molecule has 1 aromatic carbocycles. The maximum absolute atomic E-state index is 11.8. The van der Waals surface area contributed by atoms with Crippen molar-refractivity contribution in [1.29, 1.82) is 0 Å². The molecule has 0 unspecified atom stereocenters. The van der Waals surface area contributed by atoms with Crippen LogP contribution in [0.15, 0.2) is 24.3 Å². The van der Waals surface area contributed by atoms with Gasteiger partial charge in [-0.2, -0.15) is 12.6 Å². The van der Waals surface area contributed by atoms with Gasteiger partial charge in [-0.15, -0.1) is 0 Å². The van der Waals surface area contributed by atoms with E-state index in [0.717, 1.165) is 0 Å². The van der Waals surface area contributed by atoms with Crippen molar-refractivity contribution < 1.29 is 14.3 Å². The molecule has 1 N–H and O–H groups in total. The van der Waals surface area contributed by atoms with Crippen LogP contribution in [0.1, 0.15) is 31.1 Å². The average molecular weight is 267 g/mol. The van der Waals surface area contributed by atoms with Gasteiger partial charge in [0, 0.05) is 5.69 Å². The second kappa shape index (κ2) is 5.91. The van der Waals surface area contributed by atoms with E-state index in [1.54, 1.807) is 45.0 Å². The van der Waals surface area contributed by atoms with Gasteiger partial charge < -0.3 is 10.1 Å². The first kappa shape index (κ1) is 14.6. The molecule has 18 heavy (non-hydrogen) atoms. The van der Waals surface area contributed by atoms with Crippen LogP contribution in [0.2, 0.25) is 0 Å². The molecule has 0 aliphatic heterocycles. The summed E-state index contributed by atoms with van der Waals surface area (Å²) in [5, 5.41) is 2.63. The van der Waals surface area contributed by atoms with Crippen molar-refractivity contribution in [3.63, 3.8) is 0 Å². The maximum Gasteiger partial charge on any atom is 0.338 e. The second-order valence-corrected chi connectivity index (χ2v) is 5.11. The Balaban J connectivity index is 2.82. The first-order valence-corrected chi connectivity index (χ1v) is 6.19. The van der Waals surface area contributed by atoms with Crippen molar-refractivity contribution in [2.45, 2.75) is 26.4 Å². The molecular weight excluding hydrogens is 250 g/mol. The molecule has 0 radical (unpaired) electrons. The third kappa shape index (κ3) is 4.79. The summed E-state index contributed by atoms with van der Waals surface area (Å²) in [4.78, 5) is 23.0. The molecule has 1 rings (SSSR count). The highest BCUT2D eigenvalue weighted by Crippen LogP contribution is 2.15. The molecule has 1 aromatic rings. The quantitative estimate of drug-likeness (QED) is 0.653. The molecule has 0 heterocycles. The van der Waals surface area contributed by atoms with Crippen LogP contribution in [0.4, 0.5) is 5.69 Å². The van der Waals surface area contributed by atoms with Crippen molar-refractivity contribution in [3.05, 3.63) is 29.8 Å². The lowest BCUT2D eigenvalue weighted by atomic mass is 10.1. The number of hydrogen-bond acceptors (Lipinski definition) is 4. The van der Waals surface area contributed by atoms with Crippen LogP contribution < -0.4 is 5.32 Å². The SMILES string of the molecule is CC(C)(C)OC(=O)c1cccc(NC(=O)CS)c1. The van der Waals surface area contributed by atoms with Crippen LogP contribution in [0.3, 0.4) is 0 Å². The average Bonchev–Trinajstić information content (AvgIpc) is 2.27. The molecule has 0 fully saturated rings. The third-order valence-electron chi connectivity index (χ3n) is 1.92. The third-order valence-corrected chi connectivity index (χ3v) is 2.21. The van der Waals surface area contributed by atoms with Crippen LogP contribution in [0.5, 0.6) is 0 Å². The predicted octanol–water partition coefficient (Wildman–Crippen LogP) is 2.51. The van der Waals surface area contributed by atoms with Crippen molar-refractivity contribution in [2.75, 3.05) is 11.1 Å². The lowest BCUT2D eigenvalue weighted by Gasteiger charge is -2.19. The molecule has 98 valence electrons. The number of nitrogens with one attached hydrogen (secondary N) is 1. The van der Waals surface area contributed by atoms with Gasteiger partial charge in [0.05, 0.1) is 11.3 Å². The number of rotatable bonds is 3. The van der Waals surface area contributed by atoms with Crippen LogP contribution in [-0.2, 0) is 9.53 Å². The number of ether oxygens (including phenoxy) is 1. The van der Waals surface area contributed by atoms with Crippen molar-refractivity contribution in [2.24, 2.45) is 0 Å². The molecule has 0 aliphatic rings. The summed E-state index contributed by atoms with van der Waals surface area (Å²) in [6, 6.07) is 6.61. The largest absolute Gasteiger partial charge is 0.456 e. The molecule has 5 heteroatoms. The number of hydrogen-bond donors (Lipinski definition) is 2. The lowest BCUT2D eigenvalue weighted by molar-refractivity contribution is -0.113. The minimum absolute atomic E-state index is 0.0939. The molecule has 0 atom stereocenters. The van der Waals surface area contributed by atoms with E-state index in [4.69, 9.17) is 4.74 Å². The number of anilines is 1. The van der Waals surface area contributed by atoms with Crippen LogP contribution in [0.25, 0.3) is 0 Å². The fourth-order valence-electron chi connectivity index (χ4n) is 1.26. The minimum Gasteiger partial charge on any atom is -0.456 e. The lowest BCUT2D eigenvalue weighted by Crippen LogP contribution is -2.24. The van der Waals surface area contributed by atoms with E-state index in [-0.39, 0.29) is 11.7 Å². The molecule has 0 aromatic heterocycles. The zero-order valence-corrected chi connectivity index (χ0v) is 11.6. The van der Waals surface area contributed by atoms with Gasteiger partial charge in [-0.1, -0.05) is 6.07 Å². The molecule has 0 aliphatic carbocycles. The molecule has 0 spiro atoms. The standard InChI is InChI=1S/C13H17NO3S/c1-13(2,3)17-12(16)9-5-4-6-10(7-9)14-11(15)8-18/h4-7,18H,8H2,1-3H3,(H,14,15). The Morgan fingerprint density at radius 3 is 2.56 bits per heavy atom. The normalized spacial score (nSPS) is 10.9. The summed E-state index contributed by atoms with van der Waals surface area (Å²) >= 11 is 3.86. The zero-order valence-electron chi connectivity index (χ0n) is 10.7. The molecule has 4 nitrogen and oxygen atoms in total. The first-order chi connectivity index (χ1) is 8.31. The molecular formula is C13H17NO3S. The summed E-state index contributed by atoms with van der Waals surface area (Å²) < 4.78 is 5.24. The zero-order chi connectivity index (χ0) is 13.8. The van der Waals surface area contributed by atoms with Gasteiger partial charge in [0.1, 0.15) is 5.60 Å². The number of carbonyl (C=O) groups excluding carboxylic acids is 2. The molecule has 0 saturated carbocycles. The van der Waals surface area contributed by atoms with Gasteiger partial charge in [-0.3, -0.25) is 4.79 Å². The fourth-order valence-corrected chi connectivity index (χ4v) is 1.34. The Kier molecular flexibility index (Phi) is 4.78. The van der Waals surface area contributed by atoms with Gasteiger partial charge in [0.2, 0.25) is 5.91 Å². The van der Waals surface area contributed by atoms with Gasteiger partial charge >= 0.3 is 5.97 Å². The molecule has 0 bridgehead atoms. The predicted molar refractivity (Wildman–Crippen MR) is 74.1 cm³/mol. The fraction of sp³-hybridized carbons (Fsp3) is 0.385. The Bertz CT molecular complexity index is 452. The van der Waals surface area contributed by atoms with E-state index in [1.165, 1.54) is 0 Å². The topological polar surface area (TPSA) is 55.4 Å². The van der Waals surface area contributed by atoms with Crippen LogP contribution in [-0.4, -0.2) is 23.2 Å². The Morgan fingerprint density at radius 2 is 2.00 bits per heavy atom. The van der Waals surface area contributed by atoms with E-state index >= 15 is 0 Å². The Labute approximate surface area is 112 Å². The summed E-state index contributed by atoms with van der Waals surface area (Å²) in [6.07, 6.45) is 0. The number of esters is 1. The van der Waals surface area contributed by atoms with Gasteiger partial charge in [0.25, 0.3) is 0 Å². The number of benzene rings is 1. The Hall–Kier alpha value is -1.49. The summed E-state index contributed by atoms with van der Waals surface area (Å²) in [7, 11) is 0. The highest BCUT2D eigenvalue weighted by atomic mass is 32.1. The Morgan fingerprint density at radius 1 is 1.33 bits per heavy atom. The molecule has 0 saturated heterocycles. The smallest absolute Gasteiger partial charge is 0.338 e. The van der Waals surface area contributed by atoms with Crippen LogP contribution >= 0.6 is 12.6 Å². The number of amides is 1. The highest BCUT2D eigenvalue weighted by Gasteiger charge is 2.18. The maximum atomic E-state index is 11.8. The van der Waals surface area contributed by atoms with Crippen LogP contribution in [0, 0.1) is 0 Å². The summed E-state index contributed by atoms with van der Waals surface area (Å²) in [5.41, 5.74) is 0.417. The first-order valence-electron chi connectivity index (χ1n) is 5.56. The van der Waals surface area contributed by atoms with E-state index < -0.39 is 11.6 Å². The van der Waals surface area contributed by atoms with Gasteiger partial charge in [0.15, 0.2) is 0 Å². The molecule has 1 amide bonds. The van der Waals surface area contributed by atoms with Gasteiger partial charge in [-0.05, 0) is 39.0 Å².